The molecular weight excluding hydrogens is 278 g/mol. The van der Waals surface area contributed by atoms with Crippen LogP contribution in [0.2, 0.25) is 0 Å². The molecule has 0 amide bonds. The van der Waals surface area contributed by atoms with E-state index >= 15 is 0 Å². The minimum atomic E-state index is -0.406. The molecule has 0 aliphatic rings. The van der Waals surface area contributed by atoms with Crippen LogP contribution in [0.5, 0.6) is 0 Å². The lowest BCUT2D eigenvalue weighted by Crippen LogP contribution is -1.98. The summed E-state index contributed by atoms with van der Waals surface area (Å²) in [6.45, 7) is 6.33. The number of nitro benzene ring substituents is 1. The molecule has 0 radical (unpaired) electrons. The van der Waals surface area contributed by atoms with Crippen LogP contribution >= 0.6 is 11.8 Å². The topological polar surface area (TPSA) is 81.2 Å². The van der Waals surface area contributed by atoms with Crippen molar-refractivity contribution in [3.63, 3.8) is 0 Å². The van der Waals surface area contributed by atoms with E-state index in [1.54, 1.807) is 0 Å². The first-order valence-electron chi connectivity index (χ1n) is 6.15. The lowest BCUT2D eigenvalue weighted by Gasteiger charge is -2.05. The Hall–Kier alpha value is -2.02. The van der Waals surface area contributed by atoms with Crippen molar-refractivity contribution < 1.29 is 9.34 Å². The van der Waals surface area contributed by atoms with Gasteiger partial charge in [-0.25, -0.2) is 4.98 Å². The van der Waals surface area contributed by atoms with Gasteiger partial charge >= 0.3 is 0 Å². The Morgan fingerprint density at radius 2 is 2.15 bits per heavy atom. The Kier molecular flexibility index (Phi) is 4.29. The highest BCUT2D eigenvalue weighted by atomic mass is 32.2. The average molecular weight is 293 g/mol. The molecule has 0 saturated carbocycles. The number of anilines is 1. The number of rotatable bonds is 5. The van der Waals surface area contributed by atoms with Crippen LogP contribution in [0.25, 0.3) is 0 Å². The van der Waals surface area contributed by atoms with E-state index < -0.39 is 4.92 Å². The zero-order valence-corrected chi connectivity index (χ0v) is 12.3. The second-order valence-electron chi connectivity index (χ2n) is 4.23. The first-order valence-corrected chi connectivity index (χ1v) is 6.96. The molecule has 106 valence electrons. The molecule has 7 heteroatoms. The molecule has 2 aromatic rings. The van der Waals surface area contributed by atoms with Crippen LogP contribution in [0, 0.1) is 24.0 Å². The quantitative estimate of drug-likeness (QED) is 0.667. The third-order valence-corrected chi connectivity index (χ3v) is 3.52. The lowest BCUT2D eigenvalue weighted by molar-refractivity contribution is -0.385. The van der Waals surface area contributed by atoms with Gasteiger partial charge in [0, 0.05) is 29.3 Å². The maximum Gasteiger partial charge on any atom is 0.272 e. The van der Waals surface area contributed by atoms with Gasteiger partial charge in [-0.15, -0.1) is 0 Å². The molecule has 0 unspecified atom stereocenters. The summed E-state index contributed by atoms with van der Waals surface area (Å²) in [5, 5.41) is 14.5. The molecule has 6 nitrogen and oxygen atoms in total. The second kappa shape index (κ2) is 5.96. The van der Waals surface area contributed by atoms with Crippen molar-refractivity contribution in [3.8, 4) is 0 Å². The van der Waals surface area contributed by atoms with Crippen molar-refractivity contribution in [1.29, 1.82) is 0 Å². The number of hydrogen-bond donors (Lipinski definition) is 1. The van der Waals surface area contributed by atoms with Gasteiger partial charge in [-0.1, -0.05) is 0 Å². The highest BCUT2D eigenvalue weighted by Crippen LogP contribution is 2.33. The highest BCUT2D eigenvalue weighted by molar-refractivity contribution is 7.99. The smallest absolute Gasteiger partial charge is 0.272 e. The summed E-state index contributed by atoms with van der Waals surface area (Å²) in [5.74, 6) is 0.754. The second-order valence-corrected chi connectivity index (χ2v) is 5.25. The molecular formula is C13H15N3O3S. The van der Waals surface area contributed by atoms with E-state index in [1.807, 2.05) is 26.8 Å². The van der Waals surface area contributed by atoms with E-state index in [0.717, 1.165) is 16.3 Å². The molecule has 2 rings (SSSR count). The van der Waals surface area contributed by atoms with Crippen molar-refractivity contribution in [2.45, 2.75) is 30.9 Å². The van der Waals surface area contributed by atoms with Crippen molar-refractivity contribution >= 4 is 23.1 Å². The van der Waals surface area contributed by atoms with Crippen LogP contribution in [0.3, 0.4) is 0 Å². The number of aromatic nitrogens is 1. The van der Waals surface area contributed by atoms with E-state index in [2.05, 4.69) is 10.3 Å². The van der Waals surface area contributed by atoms with Gasteiger partial charge in [0.05, 0.1) is 10.6 Å². The SMILES string of the molecule is CCNc1cc(Sc2nc(C)c(C)o2)cc([N+](=O)[O-])c1. The van der Waals surface area contributed by atoms with E-state index in [9.17, 15) is 10.1 Å². The molecule has 20 heavy (non-hydrogen) atoms. The molecule has 1 aromatic heterocycles. The van der Waals surface area contributed by atoms with Gasteiger partial charge in [0.2, 0.25) is 0 Å². The van der Waals surface area contributed by atoms with Crippen molar-refractivity contribution in [2.24, 2.45) is 0 Å². The van der Waals surface area contributed by atoms with Crippen molar-refractivity contribution in [1.82, 2.24) is 4.98 Å². The Balaban J connectivity index is 2.32. The standard InChI is InChI=1S/C13H15N3O3S/c1-4-14-10-5-11(16(17)18)7-12(6-10)20-13-15-8(2)9(3)19-13/h5-7,14H,4H2,1-3H3. The largest absolute Gasteiger partial charge is 0.436 e. The van der Waals surface area contributed by atoms with Crippen LogP contribution in [0.4, 0.5) is 11.4 Å². The van der Waals surface area contributed by atoms with Gasteiger partial charge in [0.1, 0.15) is 5.76 Å². The van der Waals surface area contributed by atoms with Gasteiger partial charge in [0.25, 0.3) is 10.9 Å². The number of benzene rings is 1. The number of nitrogens with one attached hydrogen (secondary N) is 1. The van der Waals surface area contributed by atoms with E-state index in [-0.39, 0.29) is 5.69 Å². The number of non-ortho nitro benzene ring substituents is 1. The fraction of sp³-hybridized carbons (Fsp3) is 0.308. The van der Waals surface area contributed by atoms with E-state index in [1.165, 1.54) is 23.9 Å². The van der Waals surface area contributed by atoms with E-state index in [0.29, 0.717) is 17.5 Å². The minimum absolute atomic E-state index is 0.0472. The summed E-state index contributed by atoms with van der Waals surface area (Å²) in [6, 6.07) is 4.87. The zero-order valence-electron chi connectivity index (χ0n) is 11.5. The van der Waals surface area contributed by atoms with Crippen molar-refractivity contribution in [3.05, 3.63) is 39.8 Å². The van der Waals surface area contributed by atoms with Crippen LogP contribution in [0.1, 0.15) is 18.4 Å². The highest BCUT2D eigenvalue weighted by Gasteiger charge is 2.13. The van der Waals surface area contributed by atoms with Crippen LogP contribution in [-0.4, -0.2) is 16.5 Å². The average Bonchev–Trinajstić information content (AvgIpc) is 2.68. The van der Waals surface area contributed by atoms with Gasteiger partial charge in [-0.2, -0.15) is 0 Å². The van der Waals surface area contributed by atoms with Gasteiger partial charge in [-0.3, -0.25) is 10.1 Å². The van der Waals surface area contributed by atoms with Crippen LogP contribution in [0.15, 0.2) is 32.7 Å². The third kappa shape index (κ3) is 3.30. The summed E-state index contributed by atoms with van der Waals surface area (Å²) in [7, 11) is 0. The number of nitrogens with zero attached hydrogens (tertiary/aromatic N) is 2. The first-order chi connectivity index (χ1) is 9.49. The molecule has 0 aliphatic heterocycles. The predicted molar refractivity (Wildman–Crippen MR) is 77.4 cm³/mol. The van der Waals surface area contributed by atoms with Gasteiger partial charge in [0.15, 0.2) is 0 Å². The Morgan fingerprint density at radius 1 is 1.40 bits per heavy atom. The number of nitro groups is 1. The molecule has 0 bridgehead atoms. The molecule has 0 saturated heterocycles. The number of hydrogen-bond acceptors (Lipinski definition) is 6. The molecule has 0 atom stereocenters. The molecule has 1 heterocycles. The fourth-order valence-electron chi connectivity index (χ4n) is 1.64. The van der Waals surface area contributed by atoms with E-state index in [4.69, 9.17) is 4.42 Å². The molecule has 1 aromatic carbocycles. The molecule has 0 fully saturated rings. The predicted octanol–water partition coefficient (Wildman–Crippen LogP) is 3.78. The minimum Gasteiger partial charge on any atom is -0.436 e. The molecule has 0 spiro atoms. The summed E-state index contributed by atoms with van der Waals surface area (Å²) in [5.41, 5.74) is 1.58. The fourth-order valence-corrected chi connectivity index (χ4v) is 2.56. The maximum atomic E-state index is 10.9. The van der Waals surface area contributed by atoms with Gasteiger partial charge < -0.3 is 9.73 Å². The number of oxazole rings is 1. The maximum absolute atomic E-state index is 10.9. The zero-order chi connectivity index (χ0) is 14.7. The molecule has 1 N–H and O–H groups in total. The third-order valence-electron chi connectivity index (χ3n) is 2.70. The molecule has 0 aliphatic carbocycles. The van der Waals surface area contributed by atoms with Crippen LogP contribution in [-0.2, 0) is 0 Å². The summed E-state index contributed by atoms with van der Waals surface area (Å²) in [4.78, 5) is 15.5. The normalized spacial score (nSPS) is 10.6. The Morgan fingerprint density at radius 3 is 2.70 bits per heavy atom. The summed E-state index contributed by atoms with van der Waals surface area (Å²) in [6.07, 6.45) is 0. The van der Waals surface area contributed by atoms with Crippen molar-refractivity contribution in [2.75, 3.05) is 11.9 Å². The number of aryl methyl sites for hydroxylation is 2. The first kappa shape index (κ1) is 14.4. The summed E-state index contributed by atoms with van der Waals surface area (Å²) >= 11 is 1.27. The Labute approximate surface area is 120 Å². The summed E-state index contributed by atoms with van der Waals surface area (Å²) < 4.78 is 5.48. The lowest BCUT2D eigenvalue weighted by atomic mass is 10.3. The Bertz CT molecular complexity index is 620. The van der Waals surface area contributed by atoms with Gasteiger partial charge in [-0.05, 0) is 38.6 Å². The van der Waals surface area contributed by atoms with Crippen LogP contribution < -0.4 is 5.32 Å². The monoisotopic (exact) mass is 293 g/mol.